The van der Waals surface area contributed by atoms with E-state index in [1.807, 2.05) is 49.7 Å². The lowest BCUT2D eigenvalue weighted by atomic mass is 9.86. The molecule has 0 amide bonds. The van der Waals surface area contributed by atoms with Crippen molar-refractivity contribution in [2.75, 3.05) is 19.7 Å². The number of fused-ring (bicyclic) bond motifs is 1. The van der Waals surface area contributed by atoms with Gasteiger partial charge in [-0.05, 0) is 69.4 Å². The second kappa shape index (κ2) is 12.9. The molecule has 222 valence electrons. The van der Waals surface area contributed by atoms with Crippen molar-refractivity contribution in [2.24, 2.45) is 11.8 Å². The minimum Gasteiger partial charge on any atom is -0.494 e. The predicted octanol–water partition coefficient (Wildman–Crippen LogP) is 6.15. The van der Waals surface area contributed by atoms with Crippen LogP contribution in [0.25, 0.3) is 10.9 Å². The van der Waals surface area contributed by atoms with Crippen molar-refractivity contribution in [3.8, 4) is 5.75 Å². The zero-order chi connectivity index (χ0) is 29.0. The fraction of sp³-hybridized carbons (Fsp3) is 0.562. The number of rotatable bonds is 10. The van der Waals surface area contributed by atoms with Gasteiger partial charge < -0.3 is 9.47 Å². The highest BCUT2D eigenvalue weighted by Gasteiger charge is 2.42. The molecule has 1 saturated heterocycles. The quantitative estimate of drug-likeness (QED) is 0.211. The number of hydrogen-bond donors (Lipinski definition) is 0. The number of esters is 1. The van der Waals surface area contributed by atoms with E-state index in [0.717, 1.165) is 17.3 Å². The molecule has 9 heteroatoms. The van der Waals surface area contributed by atoms with Gasteiger partial charge in [-0.3, -0.25) is 9.48 Å². The van der Waals surface area contributed by atoms with Crippen molar-refractivity contribution in [1.82, 2.24) is 14.1 Å². The Morgan fingerprint density at radius 1 is 1.00 bits per heavy atom. The van der Waals surface area contributed by atoms with Gasteiger partial charge in [0.1, 0.15) is 5.75 Å². The fourth-order valence-electron chi connectivity index (χ4n) is 6.55. The number of carbonyl (C=O) groups excluding carboxylic acids is 1. The Labute approximate surface area is 244 Å². The average molecular weight is 582 g/mol. The van der Waals surface area contributed by atoms with Crippen molar-refractivity contribution >= 4 is 26.9 Å². The summed E-state index contributed by atoms with van der Waals surface area (Å²) in [6.45, 7) is 6.90. The number of aromatic nitrogens is 2. The molecule has 2 atom stereocenters. The van der Waals surface area contributed by atoms with E-state index in [4.69, 9.17) is 14.6 Å². The maximum absolute atomic E-state index is 13.9. The number of sulfonamides is 1. The van der Waals surface area contributed by atoms with Crippen LogP contribution in [0.1, 0.15) is 77.5 Å². The molecule has 2 fully saturated rings. The SMILES string of the molecule is CCOc1ccc(S(=O)(=O)N2C[C@@H](CC3CCCCCC3)[C@@H](n3nc(CC(=O)OC(C)C)c4ccccc43)C2)cc1. The Bertz CT molecular complexity index is 1430. The lowest BCUT2D eigenvalue weighted by Gasteiger charge is -2.24. The number of para-hydroxylation sites is 1. The third-order valence-electron chi connectivity index (χ3n) is 8.44. The highest BCUT2D eigenvalue weighted by Crippen LogP contribution is 2.40. The van der Waals surface area contributed by atoms with Crippen LogP contribution in [0, 0.1) is 11.8 Å². The van der Waals surface area contributed by atoms with Gasteiger partial charge >= 0.3 is 5.97 Å². The first-order valence-corrected chi connectivity index (χ1v) is 16.6. The molecule has 2 aromatic carbocycles. The topological polar surface area (TPSA) is 90.7 Å². The molecule has 0 unspecified atom stereocenters. The summed E-state index contributed by atoms with van der Waals surface area (Å²) in [5.74, 6) is 1.05. The molecule has 2 aliphatic rings. The van der Waals surface area contributed by atoms with Crippen LogP contribution in [0.3, 0.4) is 0 Å². The molecule has 5 rings (SSSR count). The van der Waals surface area contributed by atoms with E-state index < -0.39 is 10.0 Å². The molecule has 1 saturated carbocycles. The molecule has 3 aromatic rings. The van der Waals surface area contributed by atoms with Crippen LogP contribution < -0.4 is 4.74 Å². The van der Waals surface area contributed by atoms with Crippen LogP contribution in [0.4, 0.5) is 0 Å². The fourth-order valence-corrected chi connectivity index (χ4v) is 8.07. The van der Waals surface area contributed by atoms with Gasteiger partial charge in [0.25, 0.3) is 0 Å². The largest absolute Gasteiger partial charge is 0.494 e. The van der Waals surface area contributed by atoms with Gasteiger partial charge in [-0.15, -0.1) is 0 Å². The van der Waals surface area contributed by atoms with Crippen LogP contribution in [-0.2, 0) is 26.0 Å². The number of benzene rings is 2. The molecule has 41 heavy (non-hydrogen) atoms. The number of ether oxygens (including phenoxy) is 2. The summed E-state index contributed by atoms with van der Waals surface area (Å²) in [4.78, 5) is 12.9. The lowest BCUT2D eigenvalue weighted by molar-refractivity contribution is -0.146. The van der Waals surface area contributed by atoms with E-state index in [1.165, 1.54) is 38.5 Å². The van der Waals surface area contributed by atoms with Gasteiger partial charge in [0.15, 0.2) is 0 Å². The molecule has 2 heterocycles. The minimum absolute atomic E-state index is 0.0832. The summed E-state index contributed by atoms with van der Waals surface area (Å²) in [5.41, 5.74) is 1.60. The van der Waals surface area contributed by atoms with Crippen LogP contribution >= 0.6 is 0 Å². The van der Waals surface area contributed by atoms with Gasteiger partial charge in [0, 0.05) is 18.5 Å². The Balaban J connectivity index is 1.48. The molecule has 0 N–H and O–H groups in total. The van der Waals surface area contributed by atoms with E-state index in [2.05, 4.69) is 0 Å². The van der Waals surface area contributed by atoms with E-state index >= 15 is 0 Å². The highest BCUT2D eigenvalue weighted by atomic mass is 32.2. The summed E-state index contributed by atoms with van der Waals surface area (Å²) in [7, 11) is -3.71. The number of carbonyl (C=O) groups is 1. The first-order valence-electron chi connectivity index (χ1n) is 15.1. The van der Waals surface area contributed by atoms with Gasteiger partial charge in [0.05, 0.1) is 41.3 Å². The third-order valence-corrected chi connectivity index (χ3v) is 10.3. The molecule has 1 aliphatic carbocycles. The summed E-state index contributed by atoms with van der Waals surface area (Å²) in [6.07, 6.45) is 8.29. The molecule has 0 radical (unpaired) electrons. The maximum Gasteiger partial charge on any atom is 0.312 e. The molecular formula is C32H43N3O5S. The zero-order valence-corrected chi connectivity index (χ0v) is 25.3. The van der Waals surface area contributed by atoms with Gasteiger partial charge in [-0.2, -0.15) is 9.40 Å². The van der Waals surface area contributed by atoms with Crippen LogP contribution in [0.5, 0.6) is 5.75 Å². The molecule has 0 bridgehead atoms. The Kier molecular flexibility index (Phi) is 9.34. The Morgan fingerprint density at radius 2 is 1.71 bits per heavy atom. The number of nitrogens with zero attached hydrogens (tertiary/aromatic N) is 3. The number of hydrogen-bond acceptors (Lipinski definition) is 6. The first kappa shape index (κ1) is 29.6. The zero-order valence-electron chi connectivity index (χ0n) is 24.5. The molecule has 1 aliphatic heterocycles. The van der Waals surface area contributed by atoms with Crippen molar-refractivity contribution in [3.63, 3.8) is 0 Å². The predicted molar refractivity (Wildman–Crippen MR) is 159 cm³/mol. The molecule has 8 nitrogen and oxygen atoms in total. The highest BCUT2D eigenvalue weighted by molar-refractivity contribution is 7.89. The Hall–Kier alpha value is -2.91. The standard InChI is InChI=1S/C32H43N3O5S/c1-4-39-26-15-17-27(18-16-26)41(37,38)34-21-25(19-24-11-7-5-6-8-12-24)31(22-34)35-30-14-10-9-13-28(30)29(33-35)20-32(36)40-23(2)3/h9-10,13-18,23-25,31H,4-8,11-12,19-22H2,1-3H3/t25-,31+/m1/s1. The van der Waals surface area contributed by atoms with Gasteiger partial charge in [-0.25, -0.2) is 8.42 Å². The first-order chi connectivity index (χ1) is 19.8. The average Bonchev–Trinajstić information content (AvgIpc) is 3.41. The van der Waals surface area contributed by atoms with Crippen molar-refractivity contribution in [1.29, 1.82) is 0 Å². The monoisotopic (exact) mass is 581 g/mol. The summed E-state index contributed by atoms with van der Waals surface area (Å²) >= 11 is 0. The van der Waals surface area contributed by atoms with Gasteiger partial charge in [-0.1, -0.05) is 56.7 Å². The van der Waals surface area contributed by atoms with E-state index in [-0.39, 0.29) is 35.3 Å². The summed E-state index contributed by atoms with van der Waals surface area (Å²) in [5, 5.41) is 5.89. The van der Waals surface area contributed by atoms with Crippen molar-refractivity contribution in [3.05, 3.63) is 54.2 Å². The van der Waals surface area contributed by atoms with Crippen molar-refractivity contribution in [2.45, 2.75) is 89.2 Å². The minimum atomic E-state index is -3.71. The molecule has 0 spiro atoms. The second-order valence-corrected chi connectivity index (χ2v) is 13.7. The molecule has 1 aromatic heterocycles. The maximum atomic E-state index is 13.9. The van der Waals surface area contributed by atoms with E-state index in [1.54, 1.807) is 28.6 Å². The van der Waals surface area contributed by atoms with Crippen molar-refractivity contribution < 1.29 is 22.7 Å². The smallest absolute Gasteiger partial charge is 0.312 e. The van der Waals surface area contributed by atoms with E-state index in [0.29, 0.717) is 37.1 Å². The second-order valence-electron chi connectivity index (χ2n) is 11.8. The third kappa shape index (κ3) is 6.78. The van der Waals surface area contributed by atoms with Gasteiger partial charge in [0.2, 0.25) is 10.0 Å². The summed E-state index contributed by atoms with van der Waals surface area (Å²) < 4.78 is 42.4. The van der Waals surface area contributed by atoms with E-state index in [9.17, 15) is 13.2 Å². The molecular weight excluding hydrogens is 538 g/mol. The van der Waals surface area contributed by atoms with Crippen LogP contribution in [0.2, 0.25) is 0 Å². The normalized spacial score (nSPS) is 20.9. The van der Waals surface area contributed by atoms with Crippen LogP contribution in [-0.4, -0.2) is 54.3 Å². The lowest BCUT2D eigenvalue weighted by Crippen LogP contribution is -2.29. The Morgan fingerprint density at radius 3 is 2.39 bits per heavy atom. The summed E-state index contributed by atoms with van der Waals surface area (Å²) in [6, 6.07) is 14.5. The van der Waals surface area contributed by atoms with Crippen LogP contribution in [0.15, 0.2) is 53.4 Å².